The van der Waals surface area contributed by atoms with Gasteiger partial charge in [0.15, 0.2) is 17.5 Å². The van der Waals surface area contributed by atoms with Gasteiger partial charge in [-0.15, -0.1) is 0 Å². The van der Waals surface area contributed by atoms with E-state index in [0.29, 0.717) is 30.6 Å². The van der Waals surface area contributed by atoms with Gasteiger partial charge in [0, 0.05) is 25.8 Å². The molecule has 30 heavy (non-hydrogen) atoms. The minimum atomic E-state index is -0.0572. The lowest BCUT2D eigenvalue weighted by atomic mass is 10.2. The van der Waals surface area contributed by atoms with E-state index in [1.165, 1.54) is 4.90 Å². The number of benzene rings is 2. The van der Waals surface area contributed by atoms with Crippen LogP contribution < -0.4 is 24.8 Å². The molecule has 0 unspecified atom stereocenters. The van der Waals surface area contributed by atoms with Crippen molar-refractivity contribution in [2.45, 2.75) is 13.5 Å². The van der Waals surface area contributed by atoms with Crippen molar-refractivity contribution in [3.63, 3.8) is 0 Å². The van der Waals surface area contributed by atoms with Crippen LogP contribution in [0.2, 0.25) is 0 Å². The van der Waals surface area contributed by atoms with Gasteiger partial charge in [-0.1, -0.05) is 12.1 Å². The Hall–Kier alpha value is -3.42. The zero-order valence-electron chi connectivity index (χ0n) is 18.2. The van der Waals surface area contributed by atoms with Crippen molar-refractivity contribution >= 4 is 17.6 Å². The fourth-order valence-electron chi connectivity index (χ4n) is 2.52. The van der Waals surface area contributed by atoms with E-state index < -0.39 is 0 Å². The van der Waals surface area contributed by atoms with Crippen LogP contribution in [0.5, 0.6) is 17.2 Å². The number of ether oxygens (including phenoxy) is 3. The molecule has 162 valence electrons. The number of aliphatic imine (C=N–C) groups is 1. The van der Waals surface area contributed by atoms with Crippen molar-refractivity contribution in [1.82, 2.24) is 10.2 Å². The summed E-state index contributed by atoms with van der Waals surface area (Å²) in [6, 6.07) is 13.2. The van der Waals surface area contributed by atoms with Crippen LogP contribution in [0.25, 0.3) is 0 Å². The Labute approximate surface area is 177 Å². The molecule has 2 aromatic rings. The number of guanidine groups is 1. The number of hydrogen-bond acceptors (Lipinski definition) is 5. The summed E-state index contributed by atoms with van der Waals surface area (Å²) in [5.74, 6) is 2.49. The number of carbonyl (C=O) groups is 1. The van der Waals surface area contributed by atoms with E-state index in [1.54, 1.807) is 28.3 Å². The molecule has 0 aliphatic rings. The highest BCUT2D eigenvalue weighted by Crippen LogP contribution is 2.30. The van der Waals surface area contributed by atoms with Crippen LogP contribution in [-0.4, -0.2) is 58.2 Å². The molecular weight excluding hydrogens is 384 g/mol. The highest BCUT2D eigenvalue weighted by Gasteiger charge is 2.09. The van der Waals surface area contributed by atoms with Crippen LogP contribution in [0.1, 0.15) is 12.5 Å². The summed E-state index contributed by atoms with van der Waals surface area (Å²) < 4.78 is 16.1. The Balaban J connectivity index is 2.18. The molecule has 0 radical (unpaired) electrons. The Bertz CT molecular complexity index is 851. The first-order chi connectivity index (χ1) is 14.5. The summed E-state index contributed by atoms with van der Waals surface area (Å²) in [6.07, 6.45) is 0. The molecular formula is C22H30N4O4. The van der Waals surface area contributed by atoms with Gasteiger partial charge in [0.1, 0.15) is 5.75 Å². The first-order valence-corrected chi connectivity index (χ1v) is 9.66. The number of amides is 1. The van der Waals surface area contributed by atoms with E-state index >= 15 is 0 Å². The molecule has 8 nitrogen and oxygen atoms in total. The van der Waals surface area contributed by atoms with Crippen molar-refractivity contribution in [1.29, 1.82) is 0 Å². The standard InChI is InChI=1S/C22H30N4O4/c1-6-30-19-12-9-17(13-20(19)29-5)25-22(24-15-21(27)26(2)3)23-14-16-7-10-18(28-4)11-8-16/h7-13H,6,14-15H2,1-5H3,(H2,23,24,25). The second-order valence-corrected chi connectivity index (χ2v) is 6.58. The van der Waals surface area contributed by atoms with Gasteiger partial charge in [-0.2, -0.15) is 0 Å². The molecule has 0 fully saturated rings. The lowest BCUT2D eigenvalue weighted by Crippen LogP contribution is -2.39. The molecule has 8 heteroatoms. The largest absolute Gasteiger partial charge is 0.497 e. The number of rotatable bonds is 9. The van der Waals surface area contributed by atoms with E-state index in [9.17, 15) is 4.79 Å². The summed E-state index contributed by atoms with van der Waals surface area (Å²) in [4.78, 5) is 18.1. The van der Waals surface area contributed by atoms with E-state index in [-0.39, 0.29) is 12.5 Å². The third-order valence-electron chi connectivity index (χ3n) is 4.21. The lowest BCUT2D eigenvalue weighted by molar-refractivity contribution is -0.127. The fourth-order valence-corrected chi connectivity index (χ4v) is 2.52. The average molecular weight is 415 g/mol. The molecule has 0 aliphatic carbocycles. The number of methoxy groups -OCH3 is 2. The van der Waals surface area contributed by atoms with Crippen molar-refractivity contribution in [3.05, 3.63) is 48.0 Å². The van der Waals surface area contributed by atoms with E-state index in [2.05, 4.69) is 15.6 Å². The van der Waals surface area contributed by atoms with Gasteiger partial charge in [-0.25, -0.2) is 4.99 Å². The van der Waals surface area contributed by atoms with Crippen LogP contribution in [-0.2, 0) is 11.3 Å². The normalized spacial score (nSPS) is 10.9. The Kier molecular flexibility index (Phi) is 8.80. The fraction of sp³-hybridized carbons (Fsp3) is 0.364. The lowest BCUT2D eigenvalue weighted by Gasteiger charge is -2.16. The highest BCUT2D eigenvalue weighted by atomic mass is 16.5. The first kappa shape index (κ1) is 22.9. The van der Waals surface area contributed by atoms with Gasteiger partial charge in [0.05, 0.1) is 33.9 Å². The Morgan fingerprint density at radius 1 is 1.03 bits per heavy atom. The van der Waals surface area contributed by atoms with Gasteiger partial charge in [-0.3, -0.25) is 4.79 Å². The molecule has 2 N–H and O–H groups in total. The third kappa shape index (κ3) is 6.88. The van der Waals surface area contributed by atoms with Gasteiger partial charge in [0.2, 0.25) is 5.91 Å². The second kappa shape index (κ2) is 11.5. The van der Waals surface area contributed by atoms with Crippen LogP contribution in [0.15, 0.2) is 47.5 Å². The monoisotopic (exact) mass is 414 g/mol. The smallest absolute Gasteiger partial charge is 0.241 e. The molecule has 0 spiro atoms. The molecule has 0 heterocycles. The van der Waals surface area contributed by atoms with Crippen LogP contribution >= 0.6 is 0 Å². The summed E-state index contributed by atoms with van der Waals surface area (Å²) in [5, 5.41) is 6.29. The minimum absolute atomic E-state index is 0.0572. The van der Waals surface area contributed by atoms with Crippen molar-refractivity contribution in [2.24, 2.45) is 4.99 Å². The molecule has 0 aromatic heterocycles. The molecule has 0 aliphatic heterocycles. The van der Waals surface area contributed by atoms with Crippen molar-refractivity contribution in [3.8, 4) is 17.2 Å². The van der Waals surface area contributed by atoms with Gasteiger partial charge in [0.25, 0.3) is 0 Å². The number of anilines is 1. The first-order valence-electron chi connectivity index (χ1n) is 9.66. The van der Waals surface area contributed by atoms with Gasteiger partial charge in [-0.05, 0) is 36.8 Å². The van der Waals surface area contributed by atoms with Crippen LogP contribution in [0, 0.1) is 0 Å². The predicted octanol–water partition coefficient (Wildman–Crippen LogP) is 2.75. The number of carbonyl (C=O) groups excluding carboxylic acids is 1. The number of nitrogens with zero attached hydrogens (tertiary/aromatic N) is 2. The summed E-state index contributed by atoms with van der Waals surface area (Å²) in [5.41, 5.74) is 1.77. The van der Waals surface area contributed by atoms with E-state index in [1.807, 2.05) is 49.4 Å². The molecule has 0 bridgehead atoms. The van der Waals surface area contributed by atoms with Crippen LogP contribution in [0.3, 0.4) is 0 Å². The zero-order valence-corrected chi connectivity index (χ0v) is 18.2. The maximum atomic E-state index is 12.0. The van der Waals surface area contributed by atoms with Crippen molar-refractivity contribution < 1.29 is 19.0 Å². The molecule has 0 atom stereocenters. The van der Waals surface area contributed by atoms with Gasteiger partial charge >= 0.3 is 0 Å². The molecule has 0 saturated carbocycles. The summed E-state index contributed by atoms with van der Waals surface area (Å²) in [7, 11) is 6.64. The Morgan fingerprint density at radius 2 is 1.77 bits per heavy atom. The quantitative estimate of drug-likeness (QED) is 0.485. The molecule has 1 amide bonds. The maximum absolute atomic E-state index is 12.0. The van der Waals surface area contributed by atoms with E-state index in [0.717, 1.165) is 17.0 Å². The highest BCUT2D eigenvalue weighted by molar-refractivity contribution is 5.96. The summed E-state index contributed by atoms with van der Waals surface area (Å²) >= 11 is 0. The van der Waals surface area contributed by atoms with Crippen LogP contribution in [0.4, 0.5) is 5.69 Å². The van der Waals surface area contributed by atoms with Gasteiger partial charge < -0.3 is 29.7 Å². The number of hydrogen-bond donors (Lipinski definition) is 2. The molecule has 2 aromatic carbocycles. The second-order valence-electron chi connectivity index (χ2n) is 6.58. The molecule has 0 saturated heterocycles. The maximum Gasteiger partial charge on any atom is 0.241 e. The minimum Gasteiger partial charge on any atom is -0.497 e. The van der Waals surface area contributed by atoms with E-state index in [4.69, 9.17) is 14.2 Å². The third-order valence-corrected chi connectivity index (χ3v) is 4.21. The SMILES string of the molecule is CCOc1ccc(NC(=NCc2ccc(OC)cc2)NCC(=O)N(C)C)cc1OC. The summed E-state index contributed by atoms with van der Waals surface area (Å²) in [6.45, 7) is 3.02. The predicted molar refractivity (Wildman–Crippen MR) is 119 cm³/mol. The molecule has 2 rings (SSSR count). The average Bonchev–Trinajstić information content (AvgIpc) is 2.76. The number of likely N-dealkylation sites (N-methyl/N-ethyl adjacent to an activating group) is 1. The Morgan fingerprint density at radius 3 is 2.37 bits per heavy atom. The van der Waals surface area contributed by atoms with Crippen molar-refractivity contribution in [2.75, 3.05) is 46.8 Å². The zero-order chi connectivity index (χ0) is 21.9. The topological polar surface area (TPSA) is 84.4 Å². The number of nitrogens with one attached hydrogen (secondary N) is 2.